The van der Waals surface area contributed by atoms with Crippen LogP contribution in [0.4, 0.5) is 9.18 Å². The number of nitrogens with one attached hydrogen (secondary N) is 2. The van der Waals surface area contributed by atoms with E-state index in [1.165, 1.54) is 18.5 Å². The van der Waals surface area contributed by atoms with Crippen LogP contribution < -0.4 is 10.6 Å². The van der Waals surface area contributed by atoms with Gasteiger partial charge in [0.25, 0.3) is 0 Å². The van der Waals surface area contributed by atoms with Crippen molar-refractivity contribution in [2.75, 3.05) is 6.54 Å². The number of nitrogens with zero attached hydrogens (tertiary/aromatic N) is 3. The lowest BCUT2D eigenvalue weighted by molar-refractivity contribution is 0.233. The van der Waals surface area contributed by atoms with Crippen molar-refractivity contribution in [3.63, 3.8) is 0 Å². The fourth-order valence-electron chi connectivity index (χ4n) is 2.23. The van der Waals surface area contributed by atoms with Crippen molar-refractivity contribution in [2.45, 2.75) is 38.8 Å². The maximum atomic E-state index is 13.0. The third-order valence-electron chi connectivity index (χ3n) is 3.62. The molecule has 2 rings (SSSR count). The summed E-state index contributed by atoms with van der Waals surface area (Å²) in [6.07, 6.45) is 3.06. The highest BCUT2D eigenvalue weighted by atomic mass is 19.1. The summed E-state index contributed by atoms with van der Waals surface area (Å²) in [5.41, 5.74) is 0.676. The summed E-state index contributed by atoms with van der Waals surface area (Å²) in [4.78, 5) is 15.8. The molecule has 7 heteroatoms. The molecule has 0 spiro atoms. The molecule has 0 saturated heterocycles. The van der Waals surface area contributed by atoms with Crippen LogP contribution in [-0.2, 0) is 12.0 Å². The molecule has 124 valence electrons. The Labute approximate surface area is 135 Å². The molecule has 0 fully saturated rings. The van der Waals surface area contributed by atoms with Gasteiger partial charge in [-0.2, -0.15) is 5.10 Å². The maximum Gasteiger partial charge on any atom is 0.315 e. The summed E-state index contributed by atoms with van der Waals surface area (Å²) in [5, 5.41) is 9.71. The van der Waals surface area contributed by atoms with Crippen molar-refractivity contribution in [2.24, 2.45) is 0 Å². The van der Waals surface area contributed by atoms with Crippen LogP contribution >= 0.6 is 0 Å². The lowest BCUT2D eigenvalue weighted by atomic mass is 9.84. The minimum Gasteiger partial charge on any atom is -0.337 e. The summed E-state index contributed by atoms with van der Waals surface area (Å²) in [7, 11) is 0. The van der Waals surface area contributed by atoms with Crippen LogP contribution in [0.25, 0.3) is 0 Å². The van der Waals surface area contributed by atoms with Crippen molar-refractivity contribution in [1.82, 2.24) is 25.4 Å². The zero-order valence-electron chi connectivity index (χ0n) is 13.6. The van der Waals surface area contributed by atoms with E-state index in [1.807, 2.05) is 20.8 Å². The molecule has 1 aromatic carbocycles. The predicted octanol–water partition coefficient (Wildman–Crippen LogP) is 2.08. The predicted molar refractivity (Wildman–Crippen MR) is 85.4 cm³/mol. The molecule has 0 aliphatic carbocycles. The lowest BCUT2D eigenvalue weighted by Gasteiger charge is -2.26. The third-order valence-corrected chi connectivity index (χ3v) is 3.62. The van der Waals surface area contributed by atoms with Crippen LogP contribution in [-0.4, -0.2) is 33.4 Å². The van der Waals surface area contributed by atoms with Crippen molar-refractivity contribution < 1.29 is 9.18 Å². The first-order valence-electron chi connectivity index (χ1n) is 7.49. The fraction of sp³-hybridized carbons (Fsp3) is 0.438. The molecular formula is C16H22FN5O. The summed E-state index contributed by atoms with van der Waals surface area (Å²) in [5.74, 6) is -0.266. The Hall–Kier alpha value is -2.44. The van der Waals surface area contributed by atoms with E-state index >= 15 is 0 Å². The van der Waals surface area contributed by atoms with Crippen molar-refractivity contribution in [3.05, 3.63) is 48.3 Å². The van der Waals surface area contributed by atoms with E-state index in [9.17, 15) is 9.18 Å². The molecule has 1 atom stereocenters. The molecule has 2 N–H and O–H groups in total. The molecule has 2 aromatic rings. The maximum absolute atomic E-state index is 13.0. The monoisotopic (exact) mass is 319 g/mol. The quantitative estimate of drug-likeness (QED) is 0.856. The molecule has 23 heavy (non-hydrogen) atoms. The van der Waals surface area contributed by atoms with E-state index in [4.69, 9.17) is 0 Å². The third kappa shape index (κ3) is 5.05. The molecule has 2 amide bonds. The Balaban J connectivity index is 1.82. The minimum atomic E-state index is -0.291. The van der Waals surface area contributed by atoms with Gasteiger partial charge in [-0.15, -0.1) is 0 Å². The molecule has 0 radical (unpaired) electrons. The van der Waals surface area contributed by atoms with Gasteiger partial charge in [0.15, 0.2) is 0 Å². The number of amides is 2. The Morgan fingerprint density at radius 2 is 2.04 bits per heavy atom. The van der Waals surface area contributed by atoms with Crippen molar-refractivity contribution in [1.29, 1.82) is 0 Å². The smallest absolute Gasteiger partial charge is 0.315 e. The Bertz CT molecular complexity index is 624. The molecule has 1 aromatic heterocycles. The first kappa shape index (κ1) is 16.9. The number of hydrogen-bond acceptors (Lipinski definition) is 3. The normalized spacial score (nSPS) is 12.7. The Morgan fingerprint density at radius 1 is 1.35 bits per heavy atom. The van der Waals surface area contributed by atoms with Crippen LogP contribution in [0.15, 0.2) is 36.9 Å². The van der Waals surface area contributed by atoms with Crippen molar-refractivity contribution >= 4 is 6.03 Å². The second-order valence-corrected chi connectivity index (χ2v) is 6.24. The minimum absolute atomic E-state index is 0.0781. The van der Waals surface area contributed by atoms with Crippen LogP contribution in [0.1, 0.15) is 26.3 Å². The summed E-state index contributed by atoms with van der Waals surface area (Å²) >= 11 is 0. The number of urea groups is 1. The summed E-state index contributed by atoms with van der Waals surface area (Å²) in [6.45, 7) is 6.89. The van der Waals surface area contributed by atoms with Crippen LogP contribution in [0, 0.1) is 5.82 Å². The fourth-order valence-corrected chi connectivity index (χ4v) is 2.23. The van der Waals surface area contributed by atoms with Crippen LogP contribution in [0.3, 0.4) is 0 Å². The number of aromatic nitrogens is 3. The average Bonchev–Trinajstić information content (AvgIpc) is 2.98. The van der Waals surface area contributed by atoms with Gasteiger partial charge >= 0.3 is 6.03 Å². The number of benzene rings is 1. The first-order chi connectivity index (χ1) is 10.9. The number of carbonyl (C=O) groups excluding carboxylic acids is 1. The van der Waals surface area contributed by atoms with E-state index in [1.54, 1.807) is 23.1 Å². The molecule has 0 aliphatic heterocycles. The number of hydrogen-bond donors (Lipinski definition) is 2. The standard InChI is InChI=1S/C16H22FN5O/c1-12(8-22-11-18-10-20-22)21-15(23)19-9-16(2,3)13-4-6-14(17)7-5-13/h4-7,10-12H,8-9H2,1-3H3,(H2,19,21,23)/t12-/m1/s1. The van der Waals surface area contributed by atoms with Gasteiger partial charge in [-0.05, 0) is 24.6 Å². The largest absolute Gasteiger partial charge is 0.337 e. The lowest BCUT2D eigenvalue weighted by Crippen LogP contribution is -2.46. The van der Waals surface area contributed by atoms with Gasteiger partial charge in [0, 0.05) is 18.0 Å². The number of rotatable bonds is 6. The highest BCUT2D eigenvalue weighted by Crippen LogP contribution is 2.22. The van der Waals surface area contributed by atoms with Gasteiger partial charge in [-0.3, -0.25) is 4.68 Å². The van der Waals surface area contributed by atoms with Gasteiger partial charge < -0.3 is 10.6 Å². The molecule has 1 heterocycles. The number of carbonyl (C=O) groups is 1. The van der Waals surface area contributed by atoms with Crippen LogP contribution in [0.5, 0.6) is 0 Å². The summed E-state index contributed by atoms with van der Waals surface area (Å²) in [6, 6.07) is 6.01. The van der Waals surface area contributed by atoms with E-state index in [0.29, 0.717) is 13.1 Å². The molecule has 0 bridgehead atoms. The van der Waals surface area contributed by atoms with E-state index in [0.717, 1.165) is 5.56 Å². The SMILES string of the molecule is C[C@H](Cn1cncn1)NC(=O)NCC(C)(C)c1ccc(F)cc1. The first-order valence-corrected chi connectivity index (χ1v) is 7.49. The van der Waals surface area contributed by atoms with Gasteiger partial charge in [-0.25, -0.2) is 14.2 Å². The molecular weight excluding hydrogens is 297 g/mol. The van der Waals surface area contributed by atoms with E-state index in [-0.39, 0.29) is 23.3 Å². The van der Waals surface area contributed by atoms with Gasteiger partial charge in [0.2, 0.25) is 0 Å². The summed E-state index contributed by atoms with van der Waals surface area (Å²) < 4.78 is 14.7. The highest BCUT2D eigenvalue weighted by molar-refractivity contribution is 5.74. The zero-order valence-corrected chi connectivity index (χ0v) is 13.6. The molecule has 0 unspecified atom stereocenters. The van der Waals surface area contributed by atoms with E-state index in [2.05, 4.69) is 20.7 Å². The molecule has 6 nitrogen and oxygen atoms in total. The zero-order chi connectivity index (χ0) is 16.9. The van der Waals surface area contributed by atoms with E-state index < -0.39 is 0 Å². The Morgan fingerprint density at radius 3 is 2.65 bits per heavy atom. The van der Waals surface area contributed by atoms with Gasteiger partial charge in [0.1, 0.15) is 18.5 Å². The van der Waals surface area contributed by atoms with Crippen molar-refractivity contribution in [3.8, 4) is 0 Å². The second-order valence-electron chi connectivity index (χ2n) is 6.24. The highest BCUT2D eigenvalue weighted by Gasteiger charge is 2.21. The van der Waals surface area contributed by atoms with Gasteiger partial charge in [0.05, 0.1) is 6.54 Å². The van der Waals surface area contributed by atoms with Gasteiger partial charge in [-0.1, -0.05) is 26.0 Å². The van der Waals surface area contributed by atoms with Crippen LogP contribution in [0.2, 0.25) is 0 Å². The number of halogens is 1. The molecule has 0 saturated carbocycles. The topological polar surface area (TPSA) is 71.8 Å². The Kier molecular flexibility index (Phi) is 5.31. The average molecular weight is 319 g/mol. The second kappa shape index (κ2) is 7.21. The molecule has 0 aliphatic rings.